The number of unbranched alkanes of at least 4 members (excludes halogenated alkanes) is 18. The van der Waals surface area contributed by atoms with Crippen molar-refractivity contribution >= 4 is 25.7 Å². The Bertz CT molecular complexity index is 1200. The average molecular weight is 869 g/mol. The molecule has 0 aliphatic rings. The van der Waals surface area contributed by atoms with Crippen molar-refractivity contribution in [2.45, 2.75) is 213 Å². The SMILES string of the molecule is CC/C=C\C/C=C\C/C=C\C/C=C\CCC(=O)OC(COC(=O)CCCCCCCCCCCCC)COP(=O)(O)OCC(CO)OC(=O)CCCCCCCCCCC. The number of ether oxygens (including phenoxy) is 3. The van der Waals surface area contributed by atoms with Crippen molar-refractivity contribution in [3.8, 4) is 0 Å². The Morgan fingerprint density at radius 2 is 0.867 bits per heavy atom. The minimum Gasteiger partial charge on any atom is -0.462 e. The van der Waals surface area contributed by atoms with Gasteiger partial charge in [0.25, 0.3) is 0 Å². The van der Waals surface area contributed by atoms with E-state index in [9.17, 15) is 28.9 Å². The van der Waals surface area contributed by atoms with Gasteiger partial charge in [0.15, 0.2) is 6.10 Å². The minimum absolute atomic E-state index is 0.0489. The van der Waals surface area contributed by atoms with E-state index in [1.807, 2.05) is 12.2 Å². The number of phosphoric ester groups is 1. The van der Waals surface area contributed by atoms with Crippen LogP contribution in [0.1, 0.15) is 201 Å². The van der Waals surface area contributed by atoms with Gasteiger partial charge in [-0.2, -0.15) is 0 Å². The predicted octanol–water partition coefficient (Wildman–Crippen LogP) is 12.7. The second kappa shape index (κ2) is 43.1. The van der Waals surface area contributed by atoms with Crippen LogP contribution < -0.4 is 0 Å². The molecule has 0 bridgehead atoms. The lowest BCUT2D eigenvalue weighted by Gasteiger charge is -2.21. The van der Waals surface area contributed by atoms with Gasteiger partial charge in [0.05, 0.1) is 19.8 Å². The maximum absolute atomic E-state index is 12.8. The van der Waals surface area contributed by atoms with Crippen LogP contribution in [0.25, 0.3) is 0 Å². The molecule has 0 spiro atoms. The molecule has 12 heteroatoms. The van der Waals surface area contributed by atoms with E-state index in [1.54, 1.807) is 0 Å². The lowest BCUT2D eigenvalue weighted by molar-refractivity contribution is -0.161. The molecule has 3 unspecified atom stereocenters. The maximum Gasteiger partial charge on any atom is 0.472 e. The van der Waals surface area contributed by atoms with Crippen molar-refractivity contribution in [2.75, 3.05) is 26.4 Å². The summed E-state index contributed by atoms with van der Waals surface area (Å²) in [7, 11) is -4.74. The van der Waals surface area contributed by atoms with Gasteiger partial charge in [0.2, 0.25) is 0 Å². The van der Waals surface area contributed by atoms with Gasteiger partial charge in [0.1, 0.15) is 12.7 Å². The number of hydrogen-bond donors (Lipinski definition) is 2. The monoisotopic (exact) mass is 869 g/mol. The van der Waals surface area contributed by atoms with Crippen molar-refractivity contribution in [2.24, 2.45) is 0 Å². The molecule has 0 radical (unpaired) electrons. The first kappa shape index (κ1) is 57.4. The van der Waals surface area contributed by atoms with Crippen LogP contribution in [-0.2, 0) is 42.2 Å². The summed E-state index contributed by atoms with van der Waals surface area (Å²) in [4.78, 5) is 48.0. The first-order valence-corrected chi connectivity index (χ1v) is 25.0. The van der Waals surface area contributed by atoms with Crippen molar-refractivity contribution in [1.29, 1.82) is 0 Å². The molecule has 11 nitrogen and oxygen atoms in total. The zero-order valence-corrected chi connectivity index (χ0v) is 38.8. The summed E-state index contributed by atoms with van der Waals surface area (Å²) < 4.78 is 39.0. The van der Waals surface area contributed by atoms with E-state index in [-0.39, 0.29) is 25.9 Å². The summed E-state index contributed by atoms with van der Waals surface area (Å²) in [5.74, 6) is -1.56. The molecule has 0 aromatic heterocycles. The summed E-state index contributed by atoms with van der Waals surface area (Å²) in [5.41, 5.74) is 0. The molecule has 0 heterocycles. The summed E-state index contributed by atoms with van der Waals surface area (Å²) in [6.07, 6.45) is 41.2. The molecule has 0 aliphatic heterocycles. The molecule has 3 atom stereocenters. The van der Waals surface area contributed by atoms with Crippen LogP contribution in [-0.4, -0.2) is 66.5 Å². The molecule has 0 rings (SSSR count). The van der Waals surface area contributed by atoms with Gasteiger partial charge in [-0.15, -0.1) is 0 Å². The normalized spacial score (nSPS) is 14.0. The molecular weight excluding hydrogens is 783 g/mol. The molecule has 0 saturated carbocycles. The summed E-state index contributed by atoms with van der Waals surface area (Å²) in [5, 5.41) is 9.71. The fourth-order valence-electron chi connectivity index (χ4n) is 6.19. The van der Waals surface area contributed by atoms with E-state index in [2.05, 4.69) is 57.2 Å². The number of phosphoric acid groups is 1. The van der Waals surface area contributed by atoms with Gasteiger partial charge in [-0.1, -0.05) is 185 Å². The highest BCUT2D eigenvalue weighted by Crippen LogP contribution is 2.43. The molecule has 348 valence electrons. The lowest BCUT2D eigenvalue weighted by atomic mass is 10.1. The molecule has 0 amide bonds. The number of carbonyl (C=O) groups is 3. The van der Waals surface area contributed by atoms with Crippen LogP contribution in [0.3, 0.4) is 0 Å². The lowest BCUT2D eigenvalue weighted by Crippen LogP contribution is -2.30. The third-order valence-electron chi connectivity index (χ3n) is 9.78. The van der Waals surface area contributed by atoms with E-state index in [0.717, 1.165) is 64.2 Å². The molecule has 0 aliphatic carbocycles. The summed E-state index contributed by atoms with van der Waals surface area (Å²) >= 11 is 0. The van der Waals surface area contributed by atoms with Crippen LogP contribution in [0.2, 0.25) is 0 Å². The third kappa shape index (κ3) is 40.8. The Labute approximate surface area is 364 Å². The Kier molecular flexibility index (Phi) is 41.3. The van der Waals surface area contributed by atoms with Gasteiger partial charge in [-0.25, -0.2) is 4.57 Å². The molecule has 2 N–H and O–H groups in total. The van der Waals surface area contributed by atoms with Crippen LogP contribution in [0.5, 0.6) is 0 Å². The highest BCUT2D eigenvalue weighted by atomic mass is 31.2. The smallest absolute Gasteiger partial charge is 0.462 e. The highest BCUT2D eigenvalue weighted by molar-refractivity contribution is 7.47. The topological polar surface area (TPSA) is 155 Å². The molecular formula is C48H85O11P. The van der Waals surface area contributed by atoms with E-state index < -0.39 is 57.8 Å². The largest absolute Gasteiger partial charge is 0.472 e. The van der Waals surface area contributed by atoms with Crippen molar-refractivity contribution in [1.82, 2.24) is 0 Å². The summed E-state index contributed by atoms with van der Waals surface area (Å²) in [6.45, 7) is 4.38. The number of rotatable bonds is 43. The van der Waals surface area contributed by atoms with Gasteiger partial charge < -0.3 is 24.2 Å². The first-order chi connectivity index (χ1) is 29.2. The third-order valence-corrected chi connectivity index (χ3v) is 10.7. The zero-order valence-electron chi connectivity index (χ0n) is 37.9. The number of hydrogen-bond acceptors (Lipinski definition) is 10. The maximum atomic E-state index is 12.8. The van der Waals surface area contributed by atoms with Crippen molar-refractivity contribution in [3.05, 3.63) is 48.6 Å². The van der Waals surface area contributed by atoms with Crippen molar-refractivity contribution < 1.29 is 52.2 Å². The summed E-state index contributed by atoms with van der Waals surface area (Å²) in [6, 6.07) is 0. The molecule has 0 aromatic carbocycles. The van der Waals surface area contributed by atoms with Crippen LogP contribution in [0, 0.1) is 0 Å². The second-order valence-corrected chi connectivity index (χ2v) is 17.0. The molecule has 60 heavy (non-hydrogen) atoms. The molecule has 0 aromatic rings. The standard InChI is InChI=1S/C48H85O11P/c1-4-7-10-13-16-19-21-22-24-27-30-33-36-39-48(52)59-45(41-55-46(50)37-34-31-28-26-23-20-17-14-11-8-5-2)43-57-60(53,54)56-42-44(40-49)58-47(51)38-35-32-29-25-18-15-12-9-6-3/h7,10,16,19,22,24,30,33,44-45,49H,4-6,8-9,11-15,17-18,20-21,23,25-29,31-32,34-43H2,1-3H3,(H,53,54)/b10-7-,19-16-,24-22-,33-30-. The zero-order chi connectivity index (χ0) is 44.2. The van der Waals surface area contributed by atoms with E-state index >= 15 is 0 Å². The average Bonchev–Trinajstić information content (AvgIpc) is 3.23. The number of aliphatic hydroxyl groups is 1. The Hall–Kier alpha value is -2.56. The van der Waals surface area contributed by atoms with E-state index in [1.165, 1.54) is 77.0 Å². The molecule has 0 saturated heterocycles. The number of allylic oxidation sites excluding steroid dienone is 8. The molecule has 0 fully saturated rings. The van der Waals surface area contributed by atoms with Crippen LogP contribution in [0.4, 0.5) is 0 Å². The van der Waals surface area contributed by atoms with Crippen LogP contribution >= 0.6 is 7.82 Å². The quantitative estimate of drug-likeness (QED) is 0.0198. The van der Waals surface area contributed by atoms with Crippen LogP contribution in [0.15, 0.2) is 48.6 Å². The highest BCUT2D eigenvalue weighted by Gasteiger charge is 2.28. The number of aliphatic hydroxyl groups excluding tert-OH is 1. The fraction of sp³-hybridized carbons (Fsp3) is 0.771. The number of carbonyl (C=O) groups excluding carboxylic acids is 3. The van der Waals surface area contributed by atoms with Gasteiger partial charge in [-0.3, -0.25) is 23.4 Å². The van der Waals surface area contributed by atoms with Crippen molar-refractivity contribution in [3.63, 3.8) is 0 Å². The predicted molar refractivity (Wildman–Crippen MR) is 242 cm³/mol. The van der Waals surface area contributed by atoms with Gasteiger partial charge in [0, 0.05) is 19.3 Å². The van der Waals surface area contributed by atoms with E-state index in [4.69, 9.17) is 23.3 Å². The Balaban J connectivity index is 4.85. The van der Waals surface area contributed by atoms with Gasteiger partial charge in [-0.05, 0) is 44.9 Å². The Morgan fingerprint density at radius 3 is 1.33 bits per heavy atom. The number of esters is 3. The fourth-order valence-corrected chi connectivity index (χ4v) is 6.98. The van der Waals surface area contributed by atoms with Gasteiger partial charge >= 0.3 is 25.7 Å². The second-order valence-electron chi connectivity index (χ2n) is 15.6. The Morgan fingerprint density at radius 1 is 0.483 bits per heavy atom. The first-order valence-electron chi connectivity index (χ1n) is 23.5. The minimum atomic E-state index is -4.74. The van der Waals surface area contributed by atoms with E-state index in [0.29, 0.717) is 19.3 Å².